The van der Waals surface area contributed by atoms with Gasteiger partial charge in [-0.1, -0.05) is 81.7 Å². The number of phenolic OH excluding ortho intramolecular Hbond substituents is 2. The minimum atomic E-state index is -1.74. The molecule has 0 bridgehead atoms. The molecule has 0 saturated carbocycles. The van der Waals surface area contributed by atoms with E-state index in [0.717, 1.165) is 26.5 Å². The highest BCUT2D eigenvalue weighted by Crippen LogP contribution is 2.27. The highest BCUT2D eigenvalue weighted by Gasteiger charge is 2.39. The number of likely N-dealkylation sites (N-methyl/N-ethyl adjacent to an activating group) is 1. The van der Waals surface area contributed by atoms with E-state index in [1.165, 1.54) is 74.6 Å². The molecule has 16 N–H and O–H groups in total. The lowest BCUT2D eigenvalue weighted by Crippen LogP contribution is -2.62. The number of amides is 8. The van der Waals surface area contributed by atoms with Gasteiger partial charge in [0.15, 0.2) is 5.78 Å². The Kier molecular flexibility index (Phi) is 24.6. The fraction of sp³-hybridized carbons (Fsp3) is 0.400. The first-order valence-corrected chi connectivity index (χ1v) is 28.6. The van der Waals surface area contributed by atoms with Gasteiger partial charge < -0.3 is 69.7 Å². The molecule has 430 valence electrons. The van der Waals surface area contributed by atoms with E-state index in [1.54, 1.807) is 36.4 Å². The van der Waals surface area contributed by atoms with Gasteiger partial charge in [-0.2, -0.15) is 0 Å². The van der Waals surface area contributed by atoms with E-state index >= 15 is 0 Å². The van der Waals surface area contributed by atoms with Crippen molar-refractivity contribution in [2.75, 3.05) is 25.1 Å². The molecule has 0 spiro atoms. The number of nitrogens with one attached hydrogen (secondary N) is 5. The van der Waals surface area contributed by atoms with Crippen LogP contribution in [0.15, 0.2) is 97.1 Å². The van der Waals surface area contributed by atoms with Crippen LogP contribution >= 0.6 is 33.2 Å². The number of carbonyl (C=O) groups excluding carboxylic acids is 9. The summed E-state index contributed by atoms with van der Waals surface area (Å²) < 4.78 is 0. The van der Waals surface area contributed by atoms with Crippen LogP contribution in [0.3, 0.4) is 0 Å². The normalized spacial score (nSPS) is 21.2. The van der Waals surface area contributed by atoms with Gasteiger partial charge in [-0.25, -0.2) is 0 Å². The molecule has 25 heteroatoms. The first kappa shape index (κ1) is 63.6. The predicted octanol–water partition coefficient (Wildman–Crippen LogP) is 0.665. The quantitative estimate of drug-likeness (QED) is 0.0453. The lowest BCUT2D eigenvalue weighted by Gasteiger charge is -2.33. The smallest absolute Gasteiger partial charge is 0.248 e. The minimum Gasteiger partial charge on any atom is -0.508 e. The van der Waals surface area contributed by atoms with Crippen molar-refractivity contribution < 1.29 is 58.5 Å². The Hall–Kier alpha value is -7.22. The highest BCUT2D eigenvalue weighted by atomic mass is 35.5. The van der Waals surface area contributed by atoms with Crippen molar-refractivity contribution in [2.45, 2.75) is 107 Å². The van der Waals surface area contributed by atoms with Gasteiger partial charge in [-0.15, -0.1) is 0 Å². The molecule has 0 aliphatic carbocycles. The highest BCUT2D eigenvalue weighted by molar-refractivity contribution is 8.76. The first-order chi connectivity index (χ1) is 38.0. The van der Waals surface area contributed by atoms with E-state index in [0.29, 0.717) is 33.7 Å². The molecule has 4 aromatic rings. The molecule has 0 unspecified atom stereocenters. The van der Waals surface area contributed by atoms with Crippen LogP contribution in [-0.2, 0) is 64.0 Å². The molecule has 4 aromatic carbocycles. The monoisotopic (exact) mass is 1160 g/mol. The number of ketones is 1. The lowest BCUT2D eigenvalue weighted by molar-refractivity contribution is -0.144. The van der Waals surface area contributed by atoms with E-state index in [4.69, 9.17) is 34.5 Å². The Morgan fingerprint density at radius 2 is 1.26 bits per heavy atom. The summed E-state index contributed by atoms with van der Waals surface area (Å²) in [4.78, 5) is 127. The van der Waals surface area contributed by atoms with Crippen LogP contribution in [0.5, 0.6) is 11.5 Å². The zero-order chi connectivity index (χ0) is 58.6. The third-order valence-corrected chi connectivity index (χ3v) is 15.9. The number of aliphatic hydroxyl groups is 1. The largest absolute Gasteiger partial charge is 0.508 e. The Balaban J connectivity index is 1.60. The Morgan fingerprint density at radius 3 is 1.85 bits per heavy atom. The van der Waals surface area contributed by atoms with E-state index in [1.807, 2.05) is 0 Å². The van der Waals surface area contributed by atoms with Gasteiger partial charge in [0, 0.05) is 54.3 Å². The molecule has 9 atom stereocenters. The van der Waals surface area contributed by atoms with Gasteiger partial charge >= 0.3 is 0 Å². The van der Waals surface area contributed by atoms with Gasteiger partial charge in [0.25, 0.3) is 0 Å². The summed E-state index contributed by atoms with van der Waals surface area (Å²) in [5.74, 6) is -9.26. The predicted molar refractivity (Wildman–Crippen MR) is 303 cm³/mol. The molecule has 1 aliphatic rings. The fourth-order valence-corrected chi connectivity index (χ4v) is 11.2. The number of nitrogens with two attached hydrogens (primary N) is 4. The van der Waals surface area contributed by atoms with Crippen LogP contribution in [-0.4, -0.2) is 147 Å². The first-order valence-electron chi connectivity index (χ1n) is 25.7. The van der Waals surface area contributed by atoms with Crippen molar-refractivity contribution in [3.05, 3.63) is 130 Å². The van der Waals surface area contributed by atoms with Crippen molar-refractivity contribution in [2.24, 2.45) is 28.9 Å². The van der Waals surface area contributed by atoms with Crippen LogP contribution < -0.4 is 49.5 Å². The standard InChI is InChI=1S/C55H69ClN10O12S2/c1-30(67)47-55(78)66(2)45(54(77)62-42(49(60)72)25-34-12-20-39(69)21-13-34)29-80-79-28-44(64-51(74)40(58)24-32-8-16-37(56)17-9-32)46(70)27-36(23-31-10-18-38(68)19-11-31)50(73)63-43(26-33-6-14-35(15-7-33)48(59)71)53(76)61-41(52(75)65-47)5-3-4-22-57/h6-21,30,36,40-45,47,67-69H,3-5,22-29,57-58H2,1-2H3,(H2,59,71)(H2,60,72)(H,61,76)(H,62,77)(H,63,73)(H,64,74)(H,65,75)/t30-,36-,40+,41+,42-,43-,44-,45+,47+/m1/s1. The van der Waals surface area contributed by atoms with Gasteiger partial charge in [0.1, 0.15) is 41.7 Å². The molecule has 1 aliphatic heterocycles. The number of phenols is 2. The summed E-state index contributed by atoms with van der Waals surface area (Å²) in [6.07, 6.45) is -1.88. The molecule has 22 nitrogen and oxygen atoms in total. The number of unbranched alkanes of at least 4 members (excludes halogenated alkanes) is 1. The van der Waals surface area contributed by atoms with Crippen LogP contribution in [0, 0.1) is 5.92 Å². The van der Waals surface area contributed by atoms with Crippen LogP contribution in [0.25, 0.3) is 0 Å². The second kappa shape index (κ2) is 31.0. The van der Waals surface area contributed by atoms with Gasteiger partial charge in [-0.3, -0.25) is 43.2 Å². The lowest BCUT2D eigenvalue weighted by atomic mass is 9.90. The van der Waals surface area contributed by atoms with E-state index in [9.17, 15) is 58.5 Å². The molecular formula is C55H69ClN10O12S2. The summed E-state index contributed by atoms with van der Waals surface area (Å²) in [6, 6.07) is 14.3. The zero-order valence-corrected chi connectivity index (χ0v) is 46.6. The van der Waals surface area contributed by atoms with Crippen molar-refractivity contribution in [3.63, 3.8) is 0 Å². The number of carbonyl (C=O) groups is 9. The molecule has 8 amide bonds. The van der Waals surface area contributed by atoms with Crippen LogP contribution in [0.2, 0.25) is 5.02 Å². The number of primary amides is 2. The van der Waals surface area contributed by atoms with Crippen molar-refractivity contribution in [1.29, 1.82) is 0 Å². The van der Waals surface area contributed by atoms with E-state index < -0.39 is 114 Å². The van der Waals surface area contributed by atoms with E-state index in [-0.39, 0.29) is 73.6 Å². The fourth-order valence-electron chi connectivity index (χ4n) is 8.56. The number of hydrogen-bond acceptors (Lipinski definition) is 16. The number of nitrogens with zero attached hydrogens (tertiary/aromatic N) is 1. The Bertz CT molecular complexity index is 2800. The van der Waals surface area contributed by atoms with Crippen molar-refractivity contribution >= 4 is 86.2 Å². The number of rotatable bonds is 19. The summed E-state index contributed by atoms with van der Waals surface area (Å²) in [7, 11) is 3.25. The number of aliphatic hydroxyl groups excluding tert-OH is 1. The molecule has 5 rings (SSSR count). The molecule has 1 heterocycles. The number of benzene rings is 4. The maximum Gasteiger partial charge on any atom is 0.248 e. The Morgan fingerprint density at radius 1 is 0.725 bits per heavy atom. The average Bonchev–Trinajstić information content (AvgIpc) is 3.43. The van der Waals surface area contributed by atoms with Crippen LogP contribution in [0.1, 0.15) is 65.2 Å². The molecule has 0 aromatic heterocycles. The summed E-state index contributed by atoms with van der Waals surface area (Å²) in [5, 5.41) is 44.9. The summed E-state index contributed by atoms with van der Waals surface area (Å²) in [5.41, 5.74) is 25.8. The maximum atomic E-state index is 14.8. The second-order valence-corrected chi connectivity index (χ2v) is 22.5. The van der Waals surface area contributed by atoms with Crippen molar-refractivity contribution in [3.8, 4) is 11.5 Å². The minimum absolute atomic E-state index is 0.0395. The van der Waals surface area contributed by atoms with E-state index in [2.05, 4.69) is 26.6 Å². The van der Waals surface area contributed by atoms with Crippen LogP contribution in [0.4, 0.5) is 0 Å². The summed E-state index contributed by atoms with van der Waals surface area (Å²) >= 11 is 6.08. The number of halogens is 1. The average molecular weight is 1160 g/mol. The third-order valence-electron chi connectivity index (χ3n) is 13.3. The third kappa shape index (κ3) is 19.5. The molecular weight excluding hydrogens is 1090 g/mol. The number of Topliss-reactive ketones (excluding diaryl/α,β-unsaturated/α-hetero) is 1. The van der Waals surface area contributed by atoms with Gasteiger partial charge in [-0.05, 0) is 116 Å². The molecule has 0 radical (unpaired) electrons. The topological polar surface area (TPSA) is 382 Å². The molecule has 80 heavy (non-hydrogen) atoms. The Labute approximate surface area is 476 Å². The molecule has 1 fully saturated rings. The number of aromatic hydroxyl groups is 2. The van der Waals surface area contributed by atoms with Crippen molar-refractivity contribution in [1.82, 2.24) is 31.5 Å². The van der Waals surface area contributed by atoms with Gasteiger partial charge in [0.2, 0.25) is 47.3 Å². The second-order valence-electron chi connectivity index (χ2n) is 19.5. The maximum absolute atomic E-state index is 14.8. The molecule has 1 saturated heterocycles. The number of hydrogen-bond donors (Lipinski definition) is 12. The summed E-state index contributed by atoms with van der Waals surface area (Å²) in [6.45, 7) is 1.45. The van der Waals surface area contributed by atoms with Gasteiger partial charge in [0.05, 0.1) is 18.2 Å². The zero-order valence-electron chi connectivity index (χ0n) is 44.2. The SMILES string of the molecule is C[C@@H](O)[C@@H]1NC(=O)[C@H](CCCCN)NC(=O)[C@@H](Cc2ccc(C(N)=O)cc2)NC(=O)[C@H](Cc2ccc(O)cc2)CC(=O)[C@H](NC(=O)[C@@H](N)Cc2ccc(Cl)cc2)CSSC[C@@H](C(=O)N[C@H](Cc2ccc(O)cc2)C(N)=O)N(C)C1=O.